The summed E-state index contributed by atoms with van der Waals surface area (Å²) in [6.07, 6.45) is 0. The minimum absolute atomic E-state index is 0.124. The fourth-order valence-electron chi connectivity index (χ4n) is 9.34. The first-order chi connectivity index (χ1) is 30.0. The van der Waals surface area contributed by atoms with Crippen LogP contribution >= 0.6 is 0 Å². The van der Waals surface area contributed by atoms with Gasteiger partial charge in [-0.3, -0.25) is 0 Å². The van der Waals surface area contributed by atoms with Crippen molar-refractivity contribution in [3.05, 3.63) is 230 Å². The Kier molecular flexibility index (Phi) is 8.86. The van der Waals surface area contributed by atoms with Crippen molar-refractivity contribution in [2.75, 3.05) is 0 Å². The van der Waals surface area contributed by atoms with E-state index in [1.807, 2.05) is 0 Å². The zero-order chi connectivity index (χ0) is 40.9. The Labute approximate surface area is 357 Å². The summed E-state index contributed by atoms with van der Waals surface area (Å²) in [7, 11) is 0. The molecular weight excluding hydrogens is 737 g/mol. The molecule has 2 heteroatoms. The number of nitrogens with zero attached hydrogens (tertiary/aromatic N) is 2. The smallest absolute Gasteiger partial charge is 0.160 e. The molecule has 0 aliphatic heterocycles. The zero-order valence-corrected chi connectivity index (χ0v) is 34.2. The Morgan fingerprint density at radius 1 is 0.295 bits per heavy atom. The molecular formula is C59H42N2. The molecule has 0 spiro atoms. The van der Waals surface area contributed by atoms with Gasteiger partial charge in [0.2, 0.25) is 0 Å². The molecule has 10 aromatic rings. The maximum atomic E-state index is 5.33. The van der Waals surface area contributed by atoms with Crippen LogP contribution in [0.2, 0.25) is 0 Å². The first kappa shape index (κ1) is 36.4. The maximum Gasteiger partial charge on any atom is 0.160 e. The highest BCUT2D eigenvalue weighted by molar-refractivity contribution is 6.01. The van der Waals surface area contributed by atoms with E-state index < -0.39 is 0 Å². The van der Waals surface area contributed by atoms with Crippen molar-refractivity contribution in [2.45, 2.75) is 19.3 Å². The van der Waals surface area contributed by atoms with Gasteiger partial charge in [-0.1, -0.05) is 196 Å². The van der Waals surface area contributed by atoms with Gasteiger partial charge in [-0.2, -0.15) is 0 Å². The minimum atomic E-state index is -0.124. The summed E-state index contributed by atoms with van der Waals surface area (Å²) in [5, 5.41) is 2.55. The predicted molar refractivity (Wildman–Crippen MR) is 255 cm³/mol. The summed E-state index contributed by atoms with van der Waals surface area (Å²) in [5.74, 6) is 0.685. The van der Waals surface area contributed by atoms with E-state index >= 15 is 0 Å². The molecule has 0 atom stereocenters. The van der Waals surface area contributed by atoms with Gasteiger partial charge < -0.3 is 0 Å². The third kappa shape index (κ3) is 6.54. The highest BCUT2D eigenvalue weighted by atomic mass is 14.9. The van der Waals surface area contributed by atoms with E-state index in [1.54, 1.807) is 0 Å². The van der Waals surface area contributed by atoms with E-state index in [-0.39, 0.29) is 5.41 Å². The number of rotatable bonds is 7. The van der Waals surface area contributed by atoms with E-state index in [4.69, 9.17) is 9.97 Å². The second kappa shape index (κ2) is 14.9. The third-order valence-electron chi connectivity index (χ3n) is 12.5. The molecule has 0 bridgehead atoms. The van der Waals surface area contributed by atoms with Gasteiger partial charge in [-0.25, -0.2) is 9.97 Å². The van der Waals surface area contributed by atoms with Crippen LogP contribution in [-0.4, -0.2) is 9.97 Å². The molecule has 1 aliphatic carbocycles. The van der Waals surface area contributed by atoms with Crippen molar-refractivity contribution < 1.29 is 0 Å². The molecule has 0 amide bonds. The molecule has 0 fully saturated rings. The highest BCUT2D eigenvalue weighted by Gasteiger charge is 2.37. The van der Waals surface area contributed by atoms with Crippen LogP contribution in [0, 0.1) is 0 Å². The van der Waals surface area contributed by atoms with Crippen LogP contribution in [0.15, 0.2) is 218 Å². The number of aromatic nitrogens is 2. The lowest BCUT2D eigenvalue weighted by atomic mass is 9.81. The summed E-state index contributed by atoms with van der Waals surface area (Å²) in [4.78, 5) is 10.7. The molecule has 288 valence electrons. The van der Waals surface area contributed by atoms with Gasteiger partial charge in [0.25, 0.3) is 0 Å². The first-order valence-electron chi connectivity index (χ1n) is 21.1. The van der Waals surface area contributed by atoms with E-state index in [0.29, 0.717) is 5.82 Å². The third-order valence-corrected chi connectivity index (χ3v) is 12.5. The molecule has 0 saturated heterocycles. The van der Waals surface area contributed by atoms with Crippen molar-refractivity contribution in [2.24, 2.45) is 0 Å². The Morgan fingerprint density at radius 3 is 1.39 bits per heavy atom. The SMILES string of the molecule is CC1(C)c2cc3ccccc3cc2-c2c(-c3ccccc3-c3cccc(-c4nc(-c5cccc(-c6ccccc6)c5)cc(-c5cccc(-c6ccccc6)c5)n4)c3)cccc21. The molecule has 11 rings (SSSR count). The first-order valence-corrected chi connectivity index (χ1v) is 21.1. The van der Waals surface area contributed by atoms with Gasteiger partial charge in [-0.05, 0) is 114 Å². The number of hydrogen-bond donors (Lipinski definition) is 0. The molecule has 0 saturated carbocycles. The average Bonchev–Trinajstić information content (AvgIpc) is 3.56. The summed E-state index contributed by atoms with van der Waals surface area (Å²) < 4.78 is 0. The van der Waals surface area contributed by atoms with Crippen molar-refractivity contribution >= 4 is 10.8 Å². The molecule has 9 aromatic carbocycles. The maximum absolute atomic E-state index is 5.33. The van der Waals surface area contributed by atoms with E-state index in [2.05, 4.69) is 232 Å². The summed E-state index contributed by atoms with van der Waals surface area (Å²) >= 11 is 0. The minimum Gasteiger partial charge on any atom is -0.228 e. The zero-order valence-electron chi connectivity index (χ0n) is 34.2. The van der Waals surface area contributed by atoms with E-state index in [0.717, 1.165) is 44.8 Å². The predicted octanol–water partition coefficient (Wildman–Crippen LogP) is 15.6. The lowest BCUT2D eigenvalue weighted by Crippen LogP contribution is -2.14. The van der Waals surface area contributed by atoms with Gasteiger partial charge in [0.05, 0.1) is 11.4 Å². The molecule has 0 N–H and O–H groups in total. The number of benzene rings is 9. The Morgan fingerprint density at radius 2 is 0.754 bits per heavy atom. The van der Waals surface area contributed by atoms with E-state index in [9.17, 15) is 0 Å². The Bertz CT molecular complexity index is 3170. The lowest BCUT2D eigenvalue weighted by Gasteiger charge is -2.22. The topological polar surface area (TPSA) is 25.8 Å². The average molecular weight is 779 g/mol. The molecule has 2 nitrogen and oxygen atoms in total. The molecule has 0 radical (unpaired) electrons. The van der Waals surface area contributed by atoms with Crippen molar-refractivity contribution in [1.82, 2.24) is 9.97 Å². The molecule has 1 heterocycles. The van der Waals surface area contributed by atoms with Gasteiger partial charge in [-0.15, -0.1) is 0 Å². The second-order valence-corrected chi connectivity index (χ2v) is 16.6. The Balaban J connectivity index is 1.05. The summed E-state index contributed by atoms with van der Waals surface area (Å²) in [6, 6.07) is 78.5. The van der Waals surface area contributed by atoms with Crippen molar-refractivity contribution in [3.8, 4) is 89.5 Å². The Hall–Kier alpha value is -7.68. The van der Waals surface area contributed by atoms with Crippen molar-refractivity contribution in [1.29, 1.82) is 0 Å². The van der Waals surface area contributed by atoms with E-state index in [1.165, 1.54) is 60.8 Å². The van der Waals surface area contributed by atoms with Crippen LogP contribution in [-0.2, 0) is 5.41 Å². The number of hydrogen-bond acceptors (Lipinski definition) is 2. The molecule has 0 unspecified atom stereocenters. The molecule has 1 aliphatic rings. The van der Waals surface area contributed by atoms with Gasteiger partial charge >= 0.3 is 0 Å². The summed E-state index contributed by atoms with van der Waals surface area (Å²) in [6.45, 7) is 4.73. The monoisotopic (exact) mass is 778 g/mol. The van der Waals surface area contributed by atoms with Gasteiger partial charge in [0, 0.05) is 22.1 Å². The largest absolute Gasteiger partial charge is 0.228 e. The quantitative estimate of drug-likeness (QED) is 0.161. The summed E-state index contributed by atoms with van der Waals surface area (Å²) in [5.41, 5.74) is 19.5. The molecule has 61 heavy (non-hydrogen) atoms. The lowest BCUT2D eigenvalue weighted by molar-refractivity contribution is 0.661. The molecule has 1 aromatic heterocycles. The normalized spacial score (nSPS) is 12.6. The van der Waals surface area contributed by atoms with Crippen LogP contribution in [0.4, 0.5) is 0 Å². The van der Waals surface area contributed by atoms with Crippen molar-refractivity contribution in [3.63, 3.8) is 0 Å². The fourth-order valence-corrected chi connectivity index (χ4v) is 9.34. The van der Waals surface area contributed by atoms with Crippen LogP contribution in [0.3, 0.4) is 0 Å². The van der Waals surface area contributed by atoms with Gasteiger partial charge in [0.15, 0.2) is 5.82 Å². The fraction of sp³-hybridized carbons (Fsp3) is 0.0508. The van der Waals surface area contributed by atoms with Crippen LogP contribution in [0.25, 0.3) is 100 Å². The number of fused-ring (bicyclic) bond motifs is 4. The second-order valence-electron chi connectivity index (χ2n) is 16.6. The highest BCUT2D eigenvalue weighted by Crippen LogP contribution is 2.54. The van der Waals surface area contributed by atoms with Gasteiger partial charge in [0.1, 0.15) is 0 Å². The van der Waals surface area contributed by atoms with Crippen LogP contribution in [0.5, 0.6) is 0 Å². The standard InChI is InChI=1S/C59H42N2/c1-59(2)53-32-16-31-51(57(53)52-36-43-21-9-10-22-44(43)37-54(52)59)50-30-12-11-29-49(50)45-25-15-28-48(35-45)58-60-55(46-26-13-23-41(33-46)39-17-5-3-6-18-39)38-56(61-58)47-27-14-24-42(34-47)40-19-7-4-8-20-40/h3-38H,1-2H3. The van der Waals surface area contributed by atoms with Crippen LogP contribution < -0.4 is 0 Å². The van der Waals surface area contributed by atoms with Crippen LogP contribution in [0.1, 0.15) is 25.0 Å².